The predicted molar refractivity (Wildman–Crippen MR) is 94.8 cm³/mol. The first kappa shape index (κ1) is 14.9. The summed E-state index contributed by atoms with van der Waals surface area (Å²) in [6, 6.07) is 21.4. The van der Waals surface area contributed by atoms with Crippen LogP contribution in [0, 0.1) is 0 Å². The van der Waals surface area contributed by atoms with Crippen LogP contribution in [-0.4, -0.2) is 11.0 Å². The van der Waals surface area contributed by atoms with Crippen molar-refractivity contribution < 1.29 is 9.90 Å². The van der Waals surface area contributed by atoms with Gasteiger partial charge in [0.2, 0.25) is 0 Å². The number of rotatable bonds is 3. The Morgan fingerprint density at radius 2 is 1.62 bits per heavy atom. The van der Waals surface area contributed by atoms with Crippen molar-refractivity contribution in [2.75, 3.05) is 0 Å². The molecule has 4 rings (SSSR count). The molecule has 0 aromatic heterocycles. The second-order valence-electron chi connectivity index (χ2n) is 6.66. The maximum absolute atomic E-state index is 12.3. The van der Waals surface area contributed by atoms with E-state index in [1.165, 1.54) is 0 Å². The number of fused-ring (bicyclic) bond motifs is 2. The molecule has 3 nitrogen and oxygen atoms in total. The van der Waals surface area contributed by atoms with E-state index in [1.54, 1.807) is 6.92 Å². The van der Waals surface area contributed by atoms with Gasteiger partial charge in [0.1, 0.15) is 0 Å². The minimum Gasteiger partial charge on any atom is -0.385 e. The number of hydrogen-bond acceptors (Lipinski definition) is 2. The van der Waals surface area contributed by atoms with Crippen LogP contribution in [0.5, 0.6) is 0 Å². The highest BCUT2D eigenvalue weighted by Crippen LogP contribution is 2.37. The van der Waals surface area contributed by atoms with Crippen molar-refractivity contribution in [2.24, 2.45) is 0 Å². The standard InChI is InChI=1S/C21H19NO2/c1-21(24,16-9-3-2-4-10-16)13-19-17-11-14-7-5-6-8-15(14)12-18(17)20(23)22-19/h2-12,19,24H,13H2,1H3,(H,22,23). The fourth-order valence-electron chi connectivity index (χ4n) is 3.53. The average Bonchev–Trinajstić information content (AvgIpc) is 2.88. The maximum atomic E-state index is 12.3. The Morgan fingerprint density at radius 1 is 1.00 bits per heavy atom. The summed E-state index contributed by atoms with van der Waals surface area (Å²) in [7, 11) is 0. The third-order valence-electron chi connectivity index (χ3n) is 4.84. The van der Waals surface area contributed by atoms with Gasteiger partial charge < -0.3 is 10.4 Å². The van der Waals surface area contributed by atoms with Gasteiger partial charge in [-0.3, -0.25) is 4.79 Å². The number of amides is 1. The van der Waals surface area contributed by atoms with Crippen LogP contribution in [0.3, 0.4) is 0 Å². The van der Waals surface area contributed by atoms with Gasteiger partial charge in [-0.05, 0) is 41.0 Å². The highest BCUT2D eigenvalue weighted by atomic mass is 16.3. The molecule has 0 aliphatic carbocycles. The quantitative estimate of drug-likeness (QED) is 0.769. The molecule has 1 aliphatic rings. The first-order valence-electron chi connectivity index (χ1n) is 8.16. The Bertz CT molecular complexity index is 916. The molecule has 3 heteroatoms. The Hall–Kier alpha value is -2.65. The lowest BCUT2D eigenvalue weighted by Gasteiger charge is -2.27. The number of carbonyl (C=O) groups excluding carboxylic acids is 1. The fourth-order valence-corrected chi connectivity index (χ4v) is 3.53. The van der Waals surface area contributed by atoms with Crippen LogP contribution in [0.2, 0.25) is 0 Å². The molecule has 24 heavy (non-hydrogen) atoms. The van der Waals surface area contributed by atoms with Gasteiger partial charge in [-0.15, -0.1) is 0 Å². The van der Waals surface area contributed by atoms with Crippen molar-refractivity contribution in [1.29, 1.82) is 0 Å². The minimum absolute atomic E-state index is 0.0652. The number of nitrogens with one attached hydrogen (secondary N) is 1. The SMILES string of the molecule is CC(O)(CC1NC(=O)c2cc3ccccc3cc21)c1ccccc1. The summed E-state index contributed by atoms with van der Waals surface area (Å²) in [5.74, 6) is -0.0652. The fraction of sp³-hybridized carbons (Fsp3) is 0.190. The molecule has 0 saturated carbocycles. The molecule has 3 aromatic rings. The van der Waals surface area contributed by atoms with Gasteiger partial charge in [0, 0.05) is 12.0 Å². The van der Waals surface area contributed by atoms with Gasteiger partial charge in [-0.25, -0.2) is 0 Å². The summed E-state index contributed by atoms with van der Waals surface area (Å²) in [5, 5.41) is 16.1. The Kier molecular flexibility index (Phi) is 3.39. The van der Waals surface area contributed by atoms with Crippen LogP contribution in [0.4, 0.5) is 0 Å². The first-order valence-corrected chi connectivity index (χ1v) is 8.16. The van der Waals surface area contributed by atoms with Gasteiger partial charge >= 0.3 is 0 Å². The van der Waals surface area contributed by atoms with E-state index in [9.17, 15) is 9.90 Å². The molecule has 2 unspecified atom stereocenters. The van der Waals surface area contributed by atoms with Crippen LogP contribution in [0.25, 0.3) is 10.8 Å². The third kappa shape index (κ3) is 2.47. The van der Waals surface area contributed by atoms with Crippen LogP contribution in [-0.2, 0) is 5.60 Å². The molecule has 0 saturated heterocycles. The molecular formula is C21H19NO2. The van der Waals surface area contributed by atoms with Gasteiger partial charge in [-0.2, -0.15) is 0 Å². The van der Waals surface area contributed by atoms with E-state index < -0.39 is 5.60 Å². The number of hydrogen-bond donors (Lipinski definition) is 2. The van der Waals surface area contributed by atoms with E-state index in [0.717, 1.165) is 21.9 Å². The van der Waals surface area contributed by atoms with E-state index in [4.69, 9.17) is 0 Å². The third-order valence-corrected chi connectivity index (χ3v) is 4.84. The second kappa shape index (κ2) is 5.46. The lowest BCUT2D eigenvalue weighted by atomic mass is 9.86. The van der Waals surface area contributed by atoms with E-state index in [0.29, 0.717) is 12.0 Å². The van der Waals surface area contributed by atoms with Crippen LogP contribution in [0.1, 0.15) is 40.9 Å². The number of carbonyl (C=O) groups is 1. The normalized spacial score (nSPS) is 18.9. The smallest absolute Gasteiger partial charge is 0.252 e. The lowest BCUT2D eigenvalue weighted by Crippen LogP contribution is -2.29. The van der Waals surface area contributed by atoms with Crippen molar-refractivity contribution in [3.63, 3.8) is 0 Å². The van der Waals surface area contributed by atoms with E-state index in [2.05, 4.69) is 11.4 Å². The second-order valence-corrected chi connectivity index (χ2v) is 6.66. The van der Waals surface area contributed by atoms with Crippen molar-refractivity contribution >= 4 is 16.7 Å². The topological polar surface area (TPSA) is 49.3 Å². The summed E-state index contributed by atoms with van der Waals surface area (Å²) in [6.07, 6.45) is 0.439. The van der Waals surface area contributed by atoms with Crippen molar-refractivity contribution in [3.05, 3.63) is 83.4 Å². The van der Waals surface area contributed by atoms with Crippen LogP contribution in [0.15, 0.2) is 66.7 Å². The highest BCUT2D eigenvalue weighted by Gasteiger charge is 2.35. The van der Waals surface area contributed by atoms with E-state index >= 15 is 0 Å². The molecule has 3 aromatic carbocycles. The molecule has 0 radical (unpaired) electrons. The maximum Gasteiger partial charge on any atom is 0.252 e. The molecule has 1 aliphatic heterocycles. The molecule has 0 spiro atoms. The van der Waals surface area contributed by atoms with E-state index in [1.807, 2.05) is 60.7 Å². The summed E-state index contributed by atoms with van der Waals surface area (Å²) in [4.78, 5) is 12.3. The first-order chi connectivity index (χ1) is 11.5. The molecule has 2 atom stereocenters. The molecule has 1 heterocycles. The summed E-state index contributed by atoms with van der Waals surface area (Å²) in [5.41, 5.74) is 1.53. The Morgan fingerprint density at radius 3 is 2.33 bits per heavy atom. The molecule has 0 bridgehead atoms. The summed E-state index contributed by atoms with van der Waals surface area (Å²) < 4.78 is 0. The average molecular weight is 317 g/mol. The number of benzene rings is 3. The van der Waals surface area contributed by atoms with Crippen molar-refractivity contribution in [3.8, 4) is 0 Å². The van der Waals surface area contributed by atoms with Crippen molar-refractivity contribution in [1.82, 2.24) is 5.32 Å². The zero-order chi connectivity index (χ0) is 16.7. The zero-order valence-corrected chi connectivity index (χ0v) is 13.5. The minimum atomic E-state index is -1.01. The van der Waals surface area contributed by atoms with Crippen LogP contribution >= 0.6 is 0 Å². The van der Waals surface area contributed by atoms with Gasteiger partial charge in [-0.1, -0.05) is 54.6 Å². The highest BCUT2D eigenvalue weighted by molar-refractivity contribution is 6.03. The Balaban J connectivity index is 1.72. The summed E-state index contributed by atoms with van der Waals surface area (Å²) >= 11 is 0. The lowest BCUT2D eigenvalue weighted by molar-refractivity contribution is 0.0371. The monoisotopic (exact) mass is 317 g/mol. The van der Waals surface area contributed by atoms with Crippen LogP contribution < -0.4 is 5.32 Å². The predicted octanol–water partition coefficient (Wildman–Crippen LogP) is 3.92. The molecular weight excluding hydrogens is 298 g/mol. The summed E-state index contributed by atoms with van der Waals surface area (Å²) in [6.45, 7) is 1.80. The Labute approximate surface area is 140 Å². The molecule has 120 valence electrons. The molecule has 0 fully saturated rings. The zero-order valence-electron chi connectivity index (χ0n) is 13.5. The van der Waals surface area contributed by atoms with Gasteiger partial charge in [0.25, 0.3) is 5.91 Å². The van der Waals surface area contributed by atoms with Crippen molar-refractivity contribution in [2.45, 2.75) is 25.0 Å². The molecule has 1 amide bonds. The van der Waals surface area contributed by atoms with E-state index in [-0.39, 0.29) is 11.9 Å². The van der Waals surface area contributed by atoms with Gasteiger partial charge in [0.05, 0.1) is 11.6 Å². The largest absolute Gasteiger partial charge is 0.385 e. The number of aliphatic hydroxyl groups is 1. The van der Waals surface area contributed by atoms with Gasteiger partial charge in [0.15, 0.2) is 0 Å². The molecule has 2 N–H and O–H groups in total.